The van der Waals surface area contributed by atoms with Crippen LogP contribution in [0.3, 0.4) is 0 Å². The van der Waals surface area contributed by atoms with Gasteiger partial charge in [0.25, 0.3) is 0 Å². The molecule has 0 saturated carbocycles. The molecule has 0 unspecified atom stereocenters. The third kappa shape index (κ3) is 3.11. The maximum atomic E-state index is 11.2. The zero-order chi connectivity index (χ0) is 13.8. The van der Waals surface area contributed by atoms with Gasteiger partial charge in [-0.15, -0.1) is 11.3 Å². The maximum absolute atomic E-state index is 11.2. The molecule has 0 spiro atoms. The van der Waals surface area contributed by atoms with Crippen molar-refractivity contribution in [2.45, 2.75) is 20.4 Å². The lowest BCUT2D eigenvalue weighted by atomic mass is 10.3. The van der Waals surface area contributed by atoms with E-state index in [1.807, 2.05) is 23.3 Å². The Hall–Kier alpha value is -1.46. The molecule has 0 atom stereocenters. The average Bonchev–Trinajstić information content (AvgIpc) is 2.88. The summed E-state index contributed by atoms with van der Waals surface area (Å²) < 4.78 is 0. The summed E-state index contributed by atoms with van der Waals surface area (Å²) in [4.78, 5) is 22.8. The molecule has 4 nitrogen and oxygen atoms in total. The second kappa shape index (κ2) is 6.12. The van der Waals surface area contributed by atoms with Crippen LogP contribution in [-0.2, 0) is 6.54 Å². The highest BCUT2D eigenvalue weighted by molar-refractivity contribution is 7.09. The summed E-state index contributed by atoms with van der Waals surface area (Å²) in [6, 6.07) is 4.07. The molecule has 2 rings (SSSR count). The number of aldehydes is 1. The first-order chi connectivity index (χ1) is 9.15. The van der Waals surface area contributed by atoms with Gasteiger partial charge in [-0.1, -0.05) is 17.7 Å². The number of hydrogen-bond donors (Lipinski definition) is 0. The van der Waals surface area contributed by atoms with Crippen molar-refractivity contribution in [1.29, 1.82) is 0 Å². The molecular weight excluding hydrogens is 282 g/mol. The van der Waals surface area contributed by atoms with Crippen molar-refractivity contribution >= 4 is 35.0 Å². The summed E-state index contributed by atoms with van der Waals surface area (Å²) in [5.41, 5.74) is 0.352. The van der Waals surface area contributed by atoms with Crippen molar-refractivity contribution in [3.63, 3.8) is 0 Å². The fourth-order valence-corrected chi connectivity index (χ4v) is 2.77. The molecule has 0 N–H and O–H groups in total. The topological polar surface area (TPSA) is 46.1 Å². The number of thiophene rings is 1. The fraction of sp³-hybridized carbons (Fsp3) is 0.308. The Morgan fingerprint density at radius 3 is 2.84 bits per heavy atom. The van der Waals surface area contributed by atoms with Crippen molar-refractivity contribution in [2.24, 2.45) is 0 Å². The van der Waals surface area contributed by atoms with Crippen LogP contribution in [0.4, 0.5) is 5.82 Å². The molecule has 2 heterocycles. The highest BCUT2D eigenvalue weighted by Gasteiger charge is 2.17. The van der Waals surface area contributed by atoms with Gasteiger partial charge < -0.3 is 4.90 Å². The molecule has 6 heteroatoms. The third-order valence-electron chi connectivity index (χ3n) is 2.72. The summed E-state index contributed by atoms with van der Waals surface area (Å²) in [6.07, 6.45) is 0.716. The van der Waals surface area contributed by atoms with E-state index in [1.54, 1.807) is 18.3 Å². The van der Waals surface area contributed by atoms with E-state index < -0.39 is 0 Å². The molecule has 0 radical (unpaired) electrons. The monoisotopic (exact) mass is 295 g/mol. The summed E-state index contributed by atoms with van der Waals surface area (Å²) >= 11 is 7.69. The highest BCUT2D eigenvalue weighted by Crippen LogP contribution is 2.25. The van der Waals surface area contributed by atoms with Crippen LogP contribution in [0.15, 0.2) is 17.5 Å². The van der Waals surface area contributed by atoms with Crippen LogP contribution in [0.25, 0.3) is 0 Å². The molecule has 0 aliphatic rings. The molecule has 100 valence electrons. The van der Waals surface area contributed by atoms with Crippen LogP contribution in [-0.4, -0.2) is 22.8 Å². The number of anilines is 1. The zero-order valence-electron chi connectivity index (χ0n) is 10.8. The van der Waals surface area contributed by atoms with E-state index in [4.69, 9.17) is 11.6 Å². The van der Waals surface area contributed by atoms with Gasteiger partial charge in [-0.25, -0.2) is 9.97 Å². The van der Waals surface area contributed by atoms with Gasteiger partial charge in [-0.2, -0.15) is 0 Å². The first kappa shape index (κ1) is 14.0. The van der Waals surface area contributed by atoms with Crippen LogP contribution in [0.1, 0.15) is 28.0 Å². The largest absolute Gasteiger partial charge is 0.351 e. The Morgan fingerprint density at radius 1 is 1.47 bits per heavy atom. The van der Waals surface area contributed by atoms with E-state index in [0.29, 0.717) is 30.0 Å². The van der Waals surface area contributed by atoms with Crippen molar-refractivity contribution in [2.75, 3.05) is 11.4 Å². The number of nitrogens with zero attached hydrogens (tertiary/aromatic N) is 3. The highest BCUT2D eigenvalue weighted by atomic mass is 35.5. The van der Waals surface area contributed by atoms with Crippen LogP contribution in [0.2, 0.25) is 5.15 Å². The fourth-order valence-electron chi connectivity index (χ4n) is 1.80. The number of halogens is 1. The van der Waals surface area contributed by atoms with Gasteiger partial charge in [0.15, 0.2) is 6.29 Å². The Balaban J connectivity index is 2.39. The number of rotatable bonds is 5. The van der Waals surface area contributed by atoms with Crippen LogP contribution in [0, 0.1) is 6.92 Å². The van der Waals surface area contributed by atoms with E-state index in [-0.39, 0.29) is 5.15 Å². The summed E-state index contributed by atoms with van der Waals surface area (Å²) in [5.74, 6) is 1.17. The summed E-state index contributed by atoms with van der Waals surface area (Å²) in [5, 5.41) is 2.24. The quantitative estimate of drug-likeness (QED) is 0.627. The van der Waals surface area contributed by atoms with Crippen LogP contribution >= 0.6 is 22.9 Å². The minimum absolute atomic E-state index is 0.210. The summed E-state index contributed by atoms with van der Waals surface area (Å²) in [7, 11) is 0. The zero-order valence-corrected chi connectivity index (χ0v) is 12.3. The SMILES string of the molecule is CCN(Cc1cccs1)c1nc(C)nc(Cl)c1C=O. The minimum atomic E-state index is 0.210. The molecule has 0 fully saturated rings. The van der Waals surface area contributed by atoms with E-state index in [2.05, 4.69) is 16.0 Å². The first-order valence-corrected chi connectivity index (χ1v) is 7.18. The van der Waals surface area contributed by atoms with Gasteiger partial charge in [0.05, 0.1) is 12.1 Å². The number of aryl methyl sites for hydroxylation is 1. The van der Waals surface area contributed by atoms with Gasteiger partial charge in [-0.3, -0.25) is 4.79 Å². The predicted molar refractivity (Wildman–Crippen MR) is 78.2 cm³/mol. The van der Waals surface area contributed by atoms with Gasteiger partial charge >= 0.3 is 0 Å². The van der Waals surface area contributed by atoms with Crippen molar-refractivity contribution in [3.8, 4) is 0 Å². The number of carbonyl (C=O) groups excluding carboxylic acids is 1. The third-order valence-corrected chi connectivity index (χ3v) is 3.87. The van der Waals surface area contributed by atoms with E-state index >= 15 is 0 Å². The lowest BCUT2D eigenvalue weighted by Crippen LogP contribution is -2.24. The Kier molecular flexibility index (Phi) is 4.50. The second-order valence-corrected chi connectivity index (χ2v) is 5.40. The van der Waals surface area contributed by atoms with E-state index in [1.165, 1.54) is 4.88 Å². The van der Waals surface area contributed by atoms with Crippen molar-refractivity contribution in [1.82, 2.24) is 9.97 Å². The number of carbonyl (C=O) groups is 1. The maximum Gasteiger partial charge on any atom is 0.156 e. The lowest BCUT2D eigenvalue weighted by molar-refractivity contribution is 0.112. The number of aromatic nitrogens is 2. The van der Waals surface area contributed by atoms with Gasteiger partial charge in [0, 0.05) is 11.4 Å². The Bertz CT molecular complexity index is 572. The van der Waals surface area contributed by atoms with Crippen LogP contribution < -0.4 is 4.90 Å². The molecule has 0 amide bonds. The summed E-state index contributed by atoms with van der Waals surface area (Å²) in [6.45, 7) is 5.24. The molecule has 19 heavy (non-hydrogen) atoms. The molecule has 0 aliphatic heterocycles. The van der Waals surface area contributed by atoms with E-state index in [9.17, 15) is 4.79 Å². The van der Waals surface area contributed by atoms with Gasteiger partial charge in [0.2, 0.25) is 0 Å². The smallest absolute Gasteiger partial charge is 0.156 e. The normalized spacial score (nSPS) is 10.5. The van der Waals surface area contributed by atoms with E-state index in [0.717, 1.165) is 6.54 Å². The van der Waals surface area contributed by atoms with Crippen molar-refractivity contribution < 1.29 is 4.79 Å². The minimum Gasteiger partial charge on any atom is -0.351 e. The van der Waals surface area contributed by atoms with Gasteiger partial charge in [0.1, 0.15) is 16.8 Å². The number of hydrogen-bond acceptors (Lipinski definition) is 5. The molecule has 0 aromatic carbocycles. The van der Waals surface area contributed by atoms with Crippen molar-refractivity contribution in [3.05, 3.63) is 38.9 Å². The standard InChI is InChI=1S/C13H14ClN3OS/c1-3-17(7-10-5-4-6-19-10)13-11(8-18)12(14)15-9(2)16-13/h4-6,8H,3,7H2,1-2H3. The Morgan fingerprint density at radius 2 is 2.26 bits per heavy atom. The lowest BCUT2D eigenvalue weighted by Gasteiger charge is -2.23. The average molecular weight is 296 g/mol. The molecule has 2 aromatic rings. The molecular formula is C13H14ClN3OS. The second-order valence-electron chi connectivity index (χ2n) is 4.01. The van der Waals surface area contributed by atoms with Gasteiger partial charge in [-0.05, 0) is 25.3 Å². The van der Waals surface area contributed by atoms with Crippen LogP contribution in [0.5, 0.6) is 0 Å². The predicted octanol–water partition coefficient (Wildman–Crippen LogP) is 3.34. The Labute approximate surface area is 121 Å². The first-order valence-electron chi connectivity index (χ1n) is 5.92. The molecule has 0 saturated heterocycles. The molecule has 0 bridgehead atoms. The molecule has 2 aromatic heterocycles. The molecule has 0 aliphatic carbocycles.